The second-order valence-corrected chi connectivity index (χ2v) is 6.84. The monoisotopic (exact) mass is 334 g/mol. The van der Waals surface area contributed by atoms with Gasteiger partial charge >= 0.3 is 0 Å². The molecule has 1 unspecified atom stereocenters. The Bertz CT molecular complexity index is 696. The number of nitrogens with zero attached hydrogens (tertiary/aromatic N) is 1. The van der Waals surface area contributed by atoms with Crippen LogP contribution in [-0.4, -0.2) is 11.4 Å². The molecule has 2 aromatic carbocycles. The third-order valence-electron chi connectivity index (χ3n) is 3.88. The van der Waals surface area contributed by atoms with E-state index in [1.165, 1.54) is 0 Å². The van der Waals surface area contributed by atoms with Crippen LogP contribution in [0.5, 0.6) is 0 Å². The van der Waals surface area contributed by atoms with Gasteiger partial charge in [-0.2, -0.15) is 0 Å². The number of benzene rings is 2. The van der Waals surface area contributed by atoms with Crippen molar-refractivity contribution >= 4 is 34.8 Å². The Morgan fingerprint density at radius 1 is 0.955 bits per heavy atom. The number of hydrogen-bond donors (Lipinski definition) is 1. The van der Waals surface area contributed by atoms with Crippen LogP contribution in [0.25, 0.3) is 0 Å². The van der Waals surface area contributed by atoms with Crippen molar-refractivity contribution in [3.05, 3.63) is 64.1 Å². The van der Waals surface area contributed by atoms with Gasteiger partial charge in [0.25, 0.3) is 5.91 Å². The van der Waals surface area contributed by atoms with Gasteiger partial charge in [0.05, 0.1) is 11.6 Å². The Hall–Kier alpha value is -1.55. The van der Waals surface area contributed by atoms with Crippen LogP contribution < -0.4 is 10.4 Å². The number of hydrogen-bond acceptors (Lipinski definition) is 2. The molecule has 1 aliphatic heterocycles. The summed E-state index contributed by atoms with van der Waals surface area (Å²) >= 11 is 11.9. The molecule has 1 aliphatic rings. The van der Waals surface area contributed by atoms with Gasteiger partial charge in [0.15, 0.2) is 0 Å². The first-order valence-electron chi connectivity index (χ1n) is 7.01. The minimum Gasteiger partial charge on any atom is -0.272 e. The van der Waals surface area contributed by atoms with Crippen LogP contribution in [0, 0.1) is 0 Å². The molecule has 1 amide bonds. The zero-order chi connectivity index (χ0) is 15.9. The van der Waals surface area contributed by atoms with Crippen molar-refractivity contribution < 1.29 is 4.79 Å². The van der Waals surface area contributed by atoms with Crippen LogP contribution in [0.1, 0.15) is 25.3 Å². The summed E-state index contributed by atoms with van der Waals surface area (Å²) in [5.74, 6) is -0.268. The molecule has 1 N–H and O–H groups in total. The Morgan fingerprint density at radius 2 is 1.45 bits per heavy atom. The van der Waals surface area contributed by atoms with Crippen molar-refractivity contribution in [1.29, 1.82) is 0 Å². The highest BCUT2D eigenvalue weighted by Gasteiger charge is 2.47. The number of amides is 1. The molecular formula is C17H16Cl2N2O. The molecule has 0 aromatic heterocycles. The maximum Gasteiger partial charge on any atom is 0.250 e. The van der Waals surface area contributed by atoms with Crippen molar-refractivity contribution in [2.75, 3.05) is 5.01 Å². The maximum absolute atomic E-state index is 12.9. The average molecular weight is 335 g/mol. The first-order valence-corrected chi connectivity index (χ1v) is 7.77. The van der Waals surface area contributed by atoms with Gasteiger partial charge in [-0.15, -0.1) is 0 Å². The normalized spacial score (nSPS) is 20.5. The van der Waals surface area contributed by atoms with Gasteiger partial charge in [0, 0.05) is 15.6 Å². The second-order valence-electron chi connectivity index (χ2n) is 5.97. The zero-order valence-electron chi connectivity index (χ0n) is 12.3. The summed E-state index contributed by atoms with van der Waals surface area (Å²) in [4.78, 5) is 12.9. The van der Waals surface area contributed by atoms with E-state index in [1.807, 2.05) is 50.2 Å². The predicted molar refractivity (Wildman–Crippen MR) is 90.3 cm³/mol. The van der Waals surface area contributed by atoms with E-state index in [0.29, 0.717) is 10.0 Å². The highest BCUT2D eigenvalue weighted by molar-refractivity contribution is 6.30. The number of hydrazine groups is 1. The van der Waals surface area contributed by atoms with E-state index in [1.54, 1.807) is 17.1 Å². The fourth-order valence-electron chi connectivity index (χ4n) is 2.84. The molecular weight excluding hydrogens is 319 g/mol. The fourth-order valence-corrected chi connectivity index (χ4v) is 3.09. The number of nitrogens with one attached hydrogen (secondary N) is 1. The van der Waals surface area contributed by atoms with Crippen LogP contribution in [0.2, 0.25) is 10.0 Å². The van der Waals surface area contributed by atoms with Gasteiger partial charge in [0.1, 0.15) is 0 Å². The first kappa shape index (κ1) is 15.3. The van der Waals surface area contributed by atoms with Crippen LogP contribution in [0.15, 0.2) is 48.5 Å². The highest BCUT2D eigenvalue weighted by Crippen LogP contribution is 2.37. The van der Waals surface area contributed by atoms with E-state index in [4.69, 9.17) is 23.2 Å². The molecule has 1 fully saturated rings. The number of carbonyl (C=O) groups excluding carboxylic acids is 1. The summed E-state index contributed by atoms with van der Waals surface area (Å²) in [5, 5.41) is 2.90. The van der Waals surface area contributed by atoms with Crippen LogP contribution in [0.3, 0.4) is 0 Å². The van der Waals surface area contributed by atoms with E-state index in [-0.39, 0.29) is 11.8 Å². The van der Waals surface area contributed by atoms with Crippen molar-refractivity contribution in [2.45, 2.75) is 25.3 Å². The third-order valence-corrected chi connectivity index (χ3v) is 4.38. The molecule has 22 heavy (non-hydrogen) atoms. The zero-order valence-corrected chi connectivity index (χ0v) is 13.8. The maximum atomic E-state index is 12.9. The molecule has 3 rings (SSSR count). The van der Waals surface area contributed by atoms with Crippen molar-refractivity contribution in [3.8, 4) is 0 Å². The molecule has 1 heterocycles. The van der Waals surface area contributed by atoms with Crippen molar-refractivity contribution in [2.24, 2.45) is 0 Å². The van der Waals surface area contributed by atoms with Gasteiger partial charge < -0.3 is 0 Å². The third kappa shape index (κ3) is 2.72. The van der Waals surface area contributed by atoms with E-state index in [0.717, 1.165) is 11.3 Å². The SMILES string of the molecule is CC1(C)NN(c2ccc(Cl)cc2)C(=O)C1c1ccc(Cl)cc1. The lowest BCUT2D eigenvalue weighted by Gasteiger charge is -2.25. The summed E-state index contributed by atoms with van der Waals surface area (Å²) in [5.41, 5.74) is 4.61. The van der Waals surface area contributed by atoms with Gasteiger partial charge in [0.2, 0.25) is 0 Å². The smallest absolute Gasteiger partial charge is 0.250 e. The van der Waals surface area contributed by atoms with E-state index < -0.39 is 5.54 Å². The molecule has 5 heteroatoms. The Balaban J connectivity index is 1.97. The molecule has 114 valence electrons. The molecule has 2 aromatic rings. The van der Waals surface area contributed by atoms with Gasteiger partial charge in [-0.3, -0.25) is 4.79 Å². The largest absolute Gasteiger partial charge is 0.272 e. The molecule has 1 saturated heterocycles. The number of carbonyl (C=O) groups is 1. The minimum atomic E-state index is -0.398. The summed E-state index contributed by atoms with van der Waals surface area (Å²) < 4.78 is 0. The topological polar surface area (TPSA) is 32.3 Å². The molecule has 0 bridgehead atoms. The number of anilines is 1. The van der Waals surface area contributed by atoms with E-state index >= 15 is 0 Å². The van der Waals surface area contributed by atoms with Crippen molar-refractivity contribution in [1.82, 2.24) is 5.43 Å². The fraction of sp³-hybridized carbons (Fsp3) is 0.235. The second kappa shape index (κ2) is 5.58. The molecule has 1 atom stereocenters. The Labute approximate surface area is 139 Å². The number of rotatable bonds is 2. The summed E-state index contributed by atoms with van der Waals surface area (Å²) in [7, 11) is 0. The van der Waals surface area contributed by atoms with Crippen LogP contribution >= 0.6 is 23.2 Å². The molecule has 0 saturated carbocycles. The van der Waals surface area contributed by atoms with Crippen molar-refractivity contribution in [3.63, 3.8) is 0 Å². The quantitative estimate of drug-likeness (QED) is 0.882. The van der Waals surface area contributed by atoms with Gasteiger partial charge in [-0.05, 0) is 55.8 Å². The average Bonchev–Trinajstić information content (AvgIpc) is 2.71. The lowest BCUT2D eigenvalue weighted by atomic mass is 9.83. The molecule has 0 aliphatic carbocycles. The van der Waals surface area contributed by atoms with Gasteiger partial charge in [-0.1, -0.05) is 35.3 Å². The lowest BCUT2D eigenvalue weighted by Crippen LogP contribution is -2.43. The van der Waals surface area contributed by atoms with Crippen LogP contribution in [0.4, 0.5) is 5.69 Å². The van der Waals surface area contributed by atoms with E-state index in [9.17, 15) is 4.79 Å². The van der Waals surface area contributed by atoms with Gasteiger partial charge in [-0.25, -0.2) is 10.4 Å². The number of halogens is 2. The Kier molecular flexibility index (Phi) is 3.89. The summed E-state index contributed by atoms with van der Waals surface area (Å²) in [6.45, 7) is 4.03. The standard InChI is InChI=1S/C17H16Cl2N2O/c1-17(2)15(11-3-5-12(18)6-4-11)16(22)21(20-17)14-9-7-13(19)8-10-14/h3-10,15,20H,1-2H3. The predicted octanol–water partition coefficient (Wildman–Crippen LogP) is 4.41. The molecule has 0 radical (unpaired) electrons. The lowest BCUT2D eigenvalue weighted by molar-refractivity contribution is -0.118. The van der Waals surface area contributed by atoms with Crippen LogP contribution in [-0.2, 0) is 4.79 Å². The minimum absolute atomic E-state index is 0.00893. The van der Waals surface area contributed by atoms with E-state index in [2.05, 4.69) is 5.43 Å². The summed E-state index contributed by atoms with van der Waals surface area (Å²) in [6, 6.07) is 14.6. The first-order chi connectivity index (χ1) is 10.4. The Morgan fingerprint density at radius 3 is 2.00 bits per heavy atom. The molecule has 3 nitrogen and oxygen atoms in total. The molecule has 0 spiro atoms. The highest BCUT2D eigenvalue weighted by atomic mass is 35.5. The summed E-state index contributed by atoms with van der Waals surface area (Å²) in [6.07, 6.45) is 0.